The molecule has 13 heteroatoms. The Bertz CT molecular complexity index is 1290. The van der Waals surface area contributed by atoms with E-state index in [2.05, 4.69) is 15.9 Å². The average Bonchev–Trinajstić information content (AvgIpc) is 2.82. The molecule has 1 aliphatic heterocycles. The Kier molecular flexibility index (Phi) is 6.75. The van der Waals surface area contributed by atoms with Gasteiger partial charge in [-0.3, -0.25) is 13.9 Å². The van der Waals surface area contributed by atoms with Gasteiger partial charge in [0.2, 0.25) is 0 Å². The molecule has 1 fully saturated rings. The second-order valence-electron chi connectivity index (χ2n) is 8.56. The number of esters is 2. The summed E-state index contributed by atoms with van der Waals surface area (Å²) in [6.07, 6.45) is -5.51. The maximum Gasteiger partial charge on any atom is 0.416 e. The lowest BCUT2D eigenvalue weighted by atomic mass is 9.60. The molecule has 194 valence electrons. The zero-order valence-corrected chi connectivity index (χ0v) is 21.4. The van der Waals surface area contributed by atoms with E-state index in [1.807, 2.05) is 0 Å². The van der Waals surface area contributed by atoms with Crippen LogP contribution in [0.2, 0.25) is 0 Å². The molecule has 0 spiro atoms. The van der Waals surface area contributed by atoms with Crippen molar-refractivity contribution in [1.29, 1.82) is 0 Å². The van der Waals surface area contributed by atoms with Gasteiger partial charge in [0.15, 0.2) is 5.41 Å². The lowest BCUT2D eigenvalue weighted by Crippen LogP contribution is -2.58. The molecule has 0 amide bonds. The number of methoxy groups -OCH3 is 2. The zero-order valence-electron chi connectivity index (χ0n) is 19.0. The molecule has 1 unspecified atom stereocenters. The van der Waals surface area contributed by atoms with Gasteiger partial charge in [-0.05, 0) is 49.2 Å². The number of carbonyl (C=O) groups is 2. The van der Waals surface area contributed by atoms with E-state index in [1.54, 1.807) is 6.07 Å². The summed E-state index contributed by atoms with van der Waals surface area (Å²) in [5.74, 6) is -1.77. The minimum absolute atomic E-state index is 0.000319. The predicted molar refractivity (Wildman–Crippen MR) is 124 cm³/mol. The fourth-order valence-corrected chi connectivity index (χ4v) is 6.46. The molecular formula is C23H21BrF3NO7S. The number of sulfonamides is 1. The van der Waals surface area contributed by atoms with Crippen LogP contribution in [0.25, 0.3) is 0 Å². The second-order valence-corrected chi connectivity index (χ2v) is 11.3. The Balaban J connectivity index is 1.70. The van der Waals surface area contributed by atoms with Gasteiger partial charge in [-0.1, -0.05) is 22.0 Å². The molecule has 1 atom stereocenters. The third-order valence-corrected chi connectivity index (χ3v) is 8.73. The normalized spacial score (nSPS) is 19.5. The molecular weight excluding hydrogens is 571 g/mol. The maximum atomic E-state index is 13.6. The Morgan fingerprint density at radius 3 is 2.31 bits per heavy atom. The number of anilines is 1. The number of halogens is 4. The van der Waals surface area contributed by atoms with Gasteiger partial charge in [-0.25, -0.2) is 8.42 Å². The number of carbonyl (C=O) groups excluding carboxylic acids is 2. The van der Waals surface area contributed by atoms with Gasteiger partial charge < -0.3 is 14.2 Å². The van der Waals surface area contributed by atoms with Crippen LogP contribution in [0.4, 0.5) is 18.9 Å². The van der Waals surface area contributed by atoms with E-state index in [4.69, 9.17) is 14.2 Å². The minimum atomic E-state index is -4.73. The first-order valence-corrected chi connectivity index (χ1v) is 12.9. The van der Waals surface area contributed by atoms with Crippen molar-refractivity contribution in [3.63, 3.8) is 0 Å². The van der Waals surface area contributed by atoms with E-state index in [0.717, 1.165) is 36.7 Å². The van der Waals surface area contributed by atoms with Crippen LogP contribution >= 0.6 is 15.9 Å². The van der Waals surface area contributed by atoms with Crippen molar-refractivity contribution in [3.05, 3.63) is 52.5 Å². The van der Waals surface area contributed by atoms with E-state index in [-0.39, 0.29) is 30.8 Å². The van der Waals surface area contributed by atoms with Gasteiger partial charge in [0.1, 0.15) is 11.9 Å². The minimum Gasteiger partial charge on any atom is -0.486 e. The largest absolute Gasteiger partial charge is 0.486 e. The Morgan fingerprint density at radius 1 is 1.08 bits per heavy atom. The molecule has 0 radical (unpaired) electrons. The van der Waals surface area contributed by atoms with Gasteiger partial charge >= 0.3 is 18.1 Å². The van der Waals surface area contributed by atoms with Crippen LogP contribution in [-0.2, 0) is 35.3 Å². The van der Waals surface area contributed by atoms with Crippen molar-refractivity contribution < 1.29 is 45.4 Å². The van der Waals surface area contributed by atoms with E-state index in [1.165, 1.54) is 12.1 Å². The zero-order chi connectivity index (χ0) is 26.5. The standard InChI is InChI=1S/C23H21BrF3NO7S/c1-33-20(29)22(21(30)34-2)10-13(11-22)19-12-28(17-9-15(24)6-7-18(17)35-19)36(31,32)16-5-3-4-14(8-16)23(25,26)27/h3-9,13,19H,10-12H2,1-2H3. The first kappa shape index (κ1) is 26.3. The van der Waals surface area contributed by atoms with E-state index < -0.39 is 56.0 Å². The lowest BCUT2D eigenvalue weighted by Gasteiger charge is -2.48. The molecule has 0 aromatic heterocycles. The molecule has 8 nitrogen and oxygen atoms in total. The number of hydrogen-bond acceptors (Lipinski definition) is 7. The molecule has 0 saturated heterocycles. The molecule has 1 saturated carbocycles. The summed E-state index contributed by atoms with van der Waals surface area (Å²) in [7, 11) is -2.15. The van der Waals surface area contributed by atoms with Crippen LogP contribution in [0.1, 0.15) is 18.4 Å². The summed E-state index contributed by atoms with van der Waals surface area (Å²) >= 11 is 3.28. The van der Waals surface area contributed by atoms with E-state index in [0.29, 0.717) is 10.5 Å². The summed E-state index contributed by atoms with van der Waals surface area (Å²) in [4.78, 5) is 24.1. The SMILES string of the molecule is COC(=O)C1(C(=O)OC)CC(C2CN(S(=O)(=O)c3cccc(C(F)(F)F)c3)c3cc(Br)ccc3O2)C1. The van der Waals surface area contributed by atoms with Crippen molar-refractivity contribution in [1.82, 2.24) is 0 Å². The number of alkyl halides is 3. The van der Waals surface area contributed by atoms with Crippen molar-refractivity contribution in [3.8, 4) is 5.75 Å². The van der Waals surface area contributed by atoms with Crippen molar-refractivity contribution in [2.24, 2.45) is 11.3 Å². The van der Waals surface area contributed by atoms with Crippen molar-refractivity contribution in [2.75, 3.05) is 25.1 Å². The Hall–Kier alpha value is -2.80. The number of nitrogens with zero attached hydrogens (tertiary/aromatic N) is 1. The van der Waals surface area contributed by atoms with Crippen LogP contribution in [0.5, 0.6) is 5.75 Å². The monoisotopic (exact) mass is 591 g/mol. The number of fused-ring (bicyclic) bond motifs is 1. The van der Waals surface area contributed by atoms with Crippen LogP contribution in [0.3, 0.4) is 0 Å². The molecule has 2 aromatic carbocycles. The van der Waals surface area contributed by atoms with Gasteiger partial charge in [0.05, 0.1) is 36.9 Å². The fourth-order valence-electron chi connectivity index (χ4n) is 4.59. The van der Waals surface area contributed by atoms with E-state index in [9.17, 15) is 31.2 Å². The fraction of sp³-hybridized carbons (Fsp3) is 0.391. The molecule has 4 rings (SSSR count). The predicted octanol–water partition coefficient (Wildman–Crippen LogP) is 4.17. The van der Waals surface area contributed by atoms with Gasteiger partial charge in [0, 0.05) is 10.4 Å². The third-order valence-electron chi connectivity index (χ3n) is 6.46. The topological polar surface area (TPSA) is 99.2 Å². The summed E-state index contributed by atoms with van der Waals surface area (Å²) in [5.41, 5.74) is -2.48. The highest BCUT2D eigenvalue weighted by molar-refractivity contribution is 9.10. The molecule has 1 aliphatic carbocycles. The molecule has 0 bridgehead atoms. The van der Waals surface area contributed by atoms with Crippen molar-refractivity contribution >= 4 is 43.6 Å². The number of benzene rings is 2. The van der Waals surface area contributed by atoms with Crippen LogP contribution < -0.4 is 9.04 Å². The molecule has 2 aromatic rings. The van der Waals surface area contributed by atoms with Crippen molar-refractivity contribution in [2.45, 2.75) is 30.0 Å². The van der Waals surface area contributed by atoms with E-state index >= 15 is 0 Å². The molecule has 2 aliphatic rings. The summed E-state index contributed by atoms with van der Waals surface area (Å²) < 4.78 is 84.1. The average molecular weight is 592 g/mol. The smallest absolute Gasteiger partial charge is 0.416 e. The van der Waals surface area contributed by atoms with Crippen LogP contribution in [-0.4, -0.2) is 47.2 Å². The van der Waals surface area contributed by atoms with Gasteiger partial charge in [-0.15, -0.1) is 0 Å². The number of hydrogen-bond donors (Lipinski definition) is 0. The highest BCUT2D eigenvalue weighted by Gasteiger charge is 2.61. The van der Waals surface area contributed by atoms with Gasteiger partial charge in [-0.2, -0.15) is 13.2 Å². The number of ether oxygens (including phenoxy) is 3. The molecule has 0 N–H and O–H groups in total. The first-order chi connectivity index (χ1) is 16.8. The summed E-state index contributed by atoms with van der Waals surface area (Å²) in [5, 5.41) is 0. The first-order valence-electron chi connectivity index (χ1n) is 10.7. The summed E-state index contributed by atoms with van der Waals surface area (Å²) in [6, 6.07) is 8.15. The third kappa shape index (κ3) is 4.42. The quantitative estimate of drug-likeness (QED) is 0.380. The van der Waals surface area contributed by atoms with Crippen LogP contribution in [0.15, 0.2) is 51.8 Å². The second kappa shape index (κ2) is 9.25. The highest BCUT2D eigenvalue weighted by Crippen LogP contribution is 2.52. The van der Waals surface area contributed by atoms with Crippen LogP contribution in [0, 0.1) is 11.3 Å². The Morgan fingerprint density at radius 2 is 1.72 bits per heavy atom. The molecule has 1 heterocycles. The Labute approximate surface area is 213 Å². The number of rotatable bonds is 5. The summed E-state index contributed by atoms with van der Waals surface area (Å²) in [6.45, 7) is -0.245. The van der Waals surface area contributed by atoms with Gasteiger partial charge in [0.25, 0.3) is 10.0 Å². The maximum absolute atomic E-state index is 13.6. The molecule has 36 heavy (non-hydrogen) atoms. The lowest BCUT2D eigenvalue weighted by molar-refractivity contribution is -0.183. The highest BCUT2D eigenvalue weighted by atomic mass is 79.9.